The Morgan fingerprint density at radius 3 is 1.24 bits per heavy atom. The lowest BCUT2D eigenvalue weighted by molar-refractivity contribution is -0.870. The lowest BCUT2D eigenvalue weighted by atomic mass is 10.0. The van der Waals surface area contributed by atoms with Gasteiger partial charge in [0.05, 0.1) is 39.9 Å². The molecule has 0 heterocycles. The number of hydrogen-bond donors (Lipinski definition) is 3. The third-order valence-electron chi connectivity index (χ3n) is 11.6. The second kappa shape index (κ2) is 51.5. The van der Waals surface area contributed by atoms with Crippen LogP contribution in [-0.2, 0) is 18.4 Å². The quantitative estimate of drug-likeness (QED) is 0.0243. The van der Waals surface area contributed by atoms with E-state index in [1.165, 1.54) is 70.6 Å². The first-order valence-electron chi connectivity index (χ1n) is 28.1. The maximum absolute atomic E-state index is 12.9. The van der Waals surface area contributed by atoms with Crippen molar-refractivity contribution in [3.63, 3.8) is 0 Å². The van der Waals surface area contributed by atoms with Crippen LogP contribution in [0.15, 0.2) is 134 Å². The highest BCUT2D eigenvalue weighted by atomic mass is 31.2. The molecule has 0 fully saturated rings. The Labute approximate surface area is 436 Å². The summed E-state index contributed by atoms with van der Waals surface area (Å²) in [5.74, 6) is -0.191. The van der Waals surface area contributed by atoms with E-state index in [2.05, 4.69) is 141 Å². The SMILES string of the molecule is CC/C=C\C/C=C\C/C=C\C/C=C\C/C=C\C/C=C\C/C=C\C/C=C\C/C=C\C/C=C\CCCCCCCCCCCCC(=O)NC(COP(=O)(O)OCC[N+](C)(C)C)C(O)/C=C/CCCCCCCC. The van der Waals surface area contributed by atoms with E-state index in [1.807, 2.05) is 27.2 Å². The number of allylic oxidation sites excluding steroid dienone is 21. The molecule has 9 heteroatoms. The van der Waals surface area contributed by atoms with Crippen molar-refractivity contribution >= 4 is 13.7 Å². The lowest BCUT2D eigenvalue weighted by Gasteiger charge is -2.25. The Morgan fingerprint density at radius 2 is 0.845 bits per heavy atom. The van der Waals surface area contributed by atoms with Crippen molar-refractivity contribution in [3.05, 3.63) is 134 Å². The summed E-state index contributed by atoms with van der Waals surface area (Å²) in [5, 5.41) is 13.8. The third kappa shape index (κ3) is 54.3. The highest BCUT2D eigenvalue weighted by molar-refractivity contribution is 7.47. The molecule has 8 nitrogen and oxygen atoms in total. The minimum atomic E-state index is -4.34. The zero-order valence-electron chi connectivity index (χ0n) is 45.9. The Hall–Kier alpha value is -3.36. The molecule has 0 bridgehead atoms. The second-order valence-electron chi connectivity index (χ2n) is 19.6. The molecule has 0 aliphatic carbocycles. The van der Waals surface area contributed by atoms with Gasteiger partial charge in [0.1, 0.15) is 13.2 Å². The van der Waals surface area contributed by atoms with Crippen LogP contribution in [0, 0.1) is 0 Å². The van der Waals surface area contributed by atoms with E-state index >= 15 is 0 Å². The van der Waals surface area contributed by atoms with Gasteiger partial charge in [0, 0.05) is 6.42 Å². The maximum Gasteiger partial charge on any atom is 0.472 e. The first kappa shape index (κ1) is 67.6. The van der Waals surface area contributed by atoms with Crippen LogP contribution in [0.4, 0.5) is 0 Å². The van der Waals surface area contributed by atoms with Crippen LogP contribution < -0.4 is 5.32 Å². The van der Waals surface area contributed by atoms with E-state index in [0.717, 1.165) is 109 Å². The monoisotopic (exact) mass is 1010 g/mol. The van der Waals surface area contributed by atoms with E-state index in [-0.39, 0.29) is 19.1 Å². The molecule has 0 aliphatic rings. The Morgan fingerprint density at radius 1 is 0.493 bits per heavy atom. The molecule has 0 aromatic carbocycles. The van der Waals surface area contributed by atoms with Crippen molar-refractivity contribution in [2.75, 3.05) is 40.9 Å². The number of likely N-dealkylation sites (N-methyl/N-ethyl adjacent to an activating group) is 1. The molecule has 0 aromatic heterocycles. The second-order valence-corrected chi connectivity index (χ2v) is 21.0. The van der Waals surface area contributed by atoms with E-state index in [4.69, 9.17) is 9.05 Å². The molecule has 71 heavy (non-hydrogen) atoms. The topological polar surface area (TPSA) is 105 Å². The number of rotatable bonds is 49. The first-order chi connectivity index (χ1) is 34.5. The Balaban J connectivity index is 4.00. The number of amides is 1. The summed E-state index contributed by atoms with van der Waals surface area (Å²) in [7, 11) is 1.55. The third-order valence-corrected chi connectivity index (χ3v) is 12.6. The fraction of sp³-hybridized carbons (Fsp3) is 0.629. The van der Waals surface area contributed by atoms with E-state index in [1.54, 1.807) is 6.08 Å². The average molecular weight is 1010 g/mol. The van der Waals surface area contributed by atoms with E-state index in [9.17, 15) is 19.4 Å². The van der Waals surface area contributed by atoms with Gasteiger partial charge in [0.15, 0.2) is 0 Å². The standard InChI is InChI=1S/C62H105N2O6P/c1-6-8-10-12-14-16-17-18-19-20-21-22-23-24-25-26-27-28-29-30-31-32-33-34-35-36-37-38-39-40-41-42-43-44-45-46-47-48-50-52-54-56-62(66)63-60(59-70-71(67,68)69-58-57-64(3,4)5)61(65)55-53-51-49-15-13-11-9-7-2/h8,10,14,16,18-19,21-22,24-25,27-28,30-31,33-34,36-37,39-40,53,55,60-61,65H,6-7,9,11-13,15,17,20,23,26,29,32,35,38,41-52,54,56-59H2,1-5H3,(H-,63,66,67,68)/p+1/b10-8-,16-14-,19-18-,22-21-,25-24-,28-27-,31-30-,34-33-,37-36-,40-39-,55-53+. The van der Waals surface area contributed by atoms with Crippen molar-refractivity contribution in [2.24, 2.45) is 0 Å². The zero-order valence-corrected chi connectivity index (χ0v) is 46.8. The minimum absolute atomic E-state index is 0.0543. The smallest absolute Gasteiger partial charge is 0.387 e. The molecule has 0 aliphatic heterocycles. The van der Waals surface area contributed by atoms with Crippen LogP contribution in [0.25, 0.3) is 0 Å². The van der Waals surface area contributed by atoms with Crippen LogP contribution in [0.5, 0.6) is 0 Å². The van der Waals surface area contributed by atoms with Gasteiger partial charge in [-0.25, -0.2) is 4.57 Å². The number of carbonyl (C=O) groups excluding carboxylic acids is 1. The summed E-state index contributed by atoms with van der Waals surface area (Å²) in [5.41, 5.74) is 0. The maximum atomic E-state index is 12.9. The molecule has 0 rings (SSSR count). The number of phosphoric ester groups is 1. The molecule has 0 radical (unpaired) electrons. The molecule has 0 spiro atoms. The molecule has 0 saturated heterocycles. The molecular formula is C62H106N2O6P+. The number of aliphatic hydroxyl groups is 1. The van der Waals surface area contributed by atoms with Crippen LogP contribution in [0.1, 0.15) is 200 Å². The summed E-state index contributed by atoms with van der Waals surface area (Å²) in [4.78, 5) is 23.1. The number of aliphatic hydroxyl groups excluding tert-OH is 1. The van der Waals surface area contributed by atoms with E-state index < -0.39 is 20.0 Å². The molecule has 0 saturated carbocycles. The molecular weight excluding hydrogens is 900 g/mol. The number of nitrogens with zero attached hydrogens (tertiary/aromatic N) is 1. The van der Waals surface area contributed by atoms with Crippen LogP contribution in [0.3, 0.4) is 0 Å². The fourth-order valence-electron chi connectivity index (χ4n) is 7.24. The highest BCUT2D eigenvalue weighted by Gasteiger charge is 2.27. The average Bonchev–Trinajstić information content (AvgIpc) is 3.33. The molecule has 0 aromatic rings. The normalized spacial score (nSPS) is 15.0. The largest absolute Gasteiger partial charge is 0.472 e. The van der Waals surface area contributed by atoms with Crippen LogP contribution in [-0.4, -0.2) is 73.4 Å². The molecule has 3 N–H and O–H groups in total. The van der Waals surface area contributed by atoms with Gasteiger partial charge < -0.3 is 19.8 Å². The minimum Gasteiger partial charge on any atom is -0.387 e. The van der Waals surface area contributed by atoms with Gasteiger partial charge in [-0.3, -0.25) is 13.8 Å². The number of nitrogens with one attached hydrogen (secondary N) is 1. The number of hydrogen-bond acceptors (Lipinski definition) is 5. The zero-order chi connectivity index (χ0) is 52.0. The summed E-state index contributed by atoms with van der Waals surface area (Å²) in [6.07, 6.45) is 78.6. The summed E-state index contributed by atoms with van der Waals surface area (Å²) < 4.78 is 23.5. The molecule has 1 amide bonds. The van der Waals surface area contributed by atoms with Gasteiger partial charge in [-0.15, -0.1) is 0 Å². The van der Waals surface area contributed by atoms with Gasteiger partial charge >= 0.3 is 7.82 Å². The summed E-state index contributed by atoms with van der Waals surface area (Å²) in [6, 6.07) is -0.854. The summed E-state index contributed by atoms with van der Waals surface area (Å²) >= 11 is 0. The highest BCUT2D eigenvalue weighted by Crippen LogP contribution is 2.43. The Kier molecular flexibility index (Phi) is 49.1. The van der Waals surface area contributed by atoms with Crippen LogP contribution in [0.2, 0.25) is 0 Å². The number of carbonyl (C=O) groups is 1. The fourth-order valence-corrected chi connectivity index (χ4v) is 7.98. The number of quaternary nitrogens is 1. The molecule has 3 unspecified atom stereocenters. The predicted molar refractivity (Wildman–Crippen MR) is 308 cm³/mol. The van der Waals surface area contributed by atoms with Gasteiger partial charge in [0.25, 0.3) is 0 Å². The van der Waals surface area contributed by atoms with Crippen molar-refractivity contribution in [2.45, 2.75) is 212 Å². The first-order valence-corrected chi connectivity index (χ1v) is 29.6. The predicted octanol–water partition coefficient (Wildman–Crippen LogP) is 17.1. The van der Waals surface area contributed by atoms with Gasteiger partial charge in [0.2, 0.25) is 5.91 Å². The molecule has 3 atom stereocenters. The van der Waals surface area contributed by atoms with Gasteiger partial charge in [-0.1, -0.05) is 231 Å². The van der Waals surface area contributed by atoms with Crippen LogP contribution >= 0.6 is 7.82 Å². The van der Waals surface area contributed by atoms with Gasteiger partial charge in [-0.2, -0.15) is 0 Å². The van der Waals surface area contributed by atoms with E-state index in [0.29, 0.717) is 17.4 Å². The van der Waals surface area contributed by atoms with Crippen molar-refractivity contribution < 1.29 is 32.9 Å². The Bertz CT molecular complexity index is 1610. The number of unbranched alkanes of at least 4 members (excludes halogenated alkanes) is 16. The van der Waals surface area contributed by atoms with Crippen molar-refractivity contribution in [3.8, 4) is 0 Å². The van der Waals surface area contributed by atoms with Crippen molar-refractivity contribution in [1.29, 1.82) is 0 Å². The lowest BCUT2D eigenvalue weighted by Crippen LogP contribution is -2.45. The number of phosphoric acid groups is 1. The van der Waals surface area contributed by atoms with Gasteiger partial charge in [-0.05, 0) is 96.3 Å². The molecule has 404 valence electrons. The van der Waals surface area contributed by atoms with Crippen molar-refractivity contribution in [1.82, 2.24) is 5.32 Å². The summed E-state index contributed by atoms with van der Waals surface area (Å²) in [6.45, 7) is 4.63.